The summed E-state index contributed by atoms with van der Waals surface area (Å²) in [5, 5.41) is 0. The van der Waals surface area contributed by atoms with Gasteiger partial charge in [0.2, 0.25) is 5.78 Å². The van der Waals surface area contributed by atoms with Gasteiger partial charge in [-0.05, 0) is 24.5 Å². The molecule has 0 saturated carbocycles. The molecule has 0 aliphatic rings. The molecular weight excluding hydrogens is 248 g/mol. The van der Waals surface area contributed by atoms with Crippen LogP contribution in [0, 0.1) is 11.8 Å². The number of hydrogen-bond acceptors (Lipinski definition) is 2. The molecular formula is C18H22O2. The molecule has 0 aromatic heterocycles. The van der Waals surface area contributed by atoms with Gasteiger partial charge in [-0.2, -0.15) is 0 Å². The van der Waals surface area contributed by atoms with Crippen molar-refractivity contribution in [2.45, 2.75) is 51.9 Å². The first-order valence-electron chi connectivity index (χ1n) is 7.38. The zero-order valence-corrected chi connectivity index (χ0v) is 12.2. The van der Waals surface area contributed by atoms with E-state index < -0.39 is 5.78 Å². The number of unbranched alkanes of at least 4 members (excludes halogenated alkanes) is 5. The van der Waals surface area contributed by atoms with Gasteiger partial charge in [0.15, 0.2) is 0 Å². The summed E-state index contributed by atoms with van der Waals surface area (Å²) in [6.45, 7) is 2.17. The third-order valence-corrected chi connectivity index (χ3v) is 3.10. The summed E-state index contributed by atoms with van der Waals surface area (Å²) in [6.07, 6.45) is 6.96. The SMILES string of the molecule is CCCCCCCCC(=O)C(=O)C#Cc1ccccc1. The second-order valence-electron chi connectivity index (χ2n) is 4.89. The molecule has 0 radical (unpaired) electrons. The fourth-order valence-electron chi connectivity index (χ4n) is 1.90. The Morgan fingerprint density at radius 2 is 1.60 bits per heavy atom. The number of rotatable bonds is 8. The molecule has 0 atom stereocenters. The monoisotopic (exact) mass is 270 g/mol. The van der Waals surface area contributed by atoms with Crippen molar-refractivity contribution in [1.29, 1.82) is 0 Å². The van der Waals surface area contributed by atoms with Gasteiger partial charge >= 0.3 is 0 Å². The first kappa shape index (κ1) is 16.2. The van der Waals surface area contributed by atoms with Crippen molar-refractivity contribution in [3.05, 3.63) is 35.9 Å². The van der Waals surface area contributed by atoms with Crippen LogP contribution in [0.15, 0.2) is 30.3 Å². The van der Waals surface area contributed by atoms with Gasteiger partial charge in [0.25, 0.3) is 5.78 Å². The Bertz CT molecular complexity index is 477. The van der Waals surface area contributed by atoms with E-state index in [4.69, 9.17) is 0 Å². The number of hydrogen-bond donors (Lipinski definition) is 0. The van der Waals surface area contributed by atoms with Crippen LogP contribution < -0.4 is 0 Å². The first-order chi connectivity index (χ1) is 9.74. The maximum atomic E-state index is 11.6. The zero-order valence-electron chi connectivity index (χ0n) is 12.2. The number of benzene rings is 1. The lowest BCUT2D eigenvalue weighted by Gasteiger charge is -1.98. The quantitative estimate of drug-likeness (QED) is 0.407. The Morgan fingerprint density at radius 1 is 0.950 bits per heavy atom. The molecule has 1 rings (SSSR count). The minimum absolute atomic E-state index is 0.328. The molecule has 0 amide bonds. The van der Waals surface area contributed by atoms with E-state index in [0.717, 1.165) is 24.8 Å². The summed E-state index contributed by atoms with van der Waals surface area (Å²) in [5.41, 5.74) is 0.758. The second kappa shape index (κ2) is 9.97. The smallest absolute Gasteiger partial charge is 0.271 e. The van der Waals surface area contributed by atoms with E-state index in [-0.39, 0.29) is 5.78 Å². The molecule has 106 valence electrons. The van der Waals surface area contributed by atoms with Gasteiger partial charge in [-0.15, -0.1) is 0 Å². The molecule has 0 aliphatic carbocycles. The molecule has 0 aliphatic heterocycles. The lowest BCUT2D eigenvalue weighted by atomic mass is 10.1. The Balaban J connectivity index is 2.26. The summed E-state index contributed by atoms with van der Waals surface area (Å²) in [7, 11) is 0. The molecule has 1 aromatic rings. The molecule has 0 fully saturated rings. The Hall–Kier alpha value is -1.88. The van der Waals surface area contributed by atoms with Crippen molar-refractivity contribution in [3.8, 4) is 11.8 Å². The standard InChI is InChI=1S/C18H22O2/c1-2-3-4-5-6-10-13-17(19)18(20)15-14-16-11-8-7-9-12-16/h7-9,11-12H,2-6,10,13H2,1H3. The average molecular weight is 270 g/mol. The molecule has 0 heterocycles. The molecule has 2 heteroatoms. The minimum Gasteiger partial charge on any atom is -0.290 e. The van der Waals surface area contributed by atoms with Crippen LogP contribution in [0.5, 0.6) is 0 Å². The van der Waals surface area contributed by atoms with Crippen LogP contribution in [-0.2, 0) is 9.59 Å². The Morgan fingerprint density at radius 3 is 2.30 bits per heavy atom. The number of carbonyl (C=O) groups is 2. The highest BCUT2D eigenvalue weighted by atomic mass is 16.2. The molecule has 20 heavy (non-hydrogen) atoms. The van der Waals surface area contributed by atoms with Crippen LogP contribution >= 0.6 is 0 Å². The van der Waals surface area contributed by atoms with E-state index in [1.807, 2.05) is 30.3 Å². The van der Waals surface area contributed by atoms with E-state index in [2.05, 4.69) is 18.8 Å². The van der Waals surface area contributed by atoms with Crippen molar-refractivity contribution in [2.24, 2.45) is 0 Å². The normalized spacial score (nSPS) is 9.65. The van der Waals surface area contributed by atoms with Gasteiger partial charge in [-0.1, -0.05) is 63.1 Å². The van der Waals surface area contributed by atoms with E-state index in [9.17, 15) is 9.59 Å². The lowest BCUT2D eigenvalue weighted by molar-refractivity contribution is -0.133. The topological polar surface area (TPSA) is 34.1 Å². The van der Waals surface area contributed by atoms with Crippen LogP contribution in [0.4, 0.5) is 0 Å². The van der Waals surface area contributed by atoms with E-state index in [0.29, 0.717) is 6.42 Å². The number of ketones is 2. The molecule has 0 bridgehead atoms. The largest absolute Gasteiger partial charge is 0.290 e. The molecule has 0 saturated heterocycles. The molecule has 1 aromatic carbocycles. The van der Waals surface area contributed by atoms with Gasteiger partial charge in [0.05, 0.1) is 0 Å². The van der Waals surface area contributed by atoms with Crippen LogP contribution in [0.25, 0.3) is 0 Å². The predicted molar refractivity (Wildman–Crippen MR) is 81.3 cm³/mol. The van der Waals surface area contributed by atoms with Crippen molar-refractivity contribution < 1.29 is 9.59 Å². The third kappa shape index (κ3) is 6.89. The highest BCUT2D eigenvalue weighted by molar-refractivity contribution is 6.44. The summed E-state index contributed by atoms with van der Waals surface area (Å²) in [4.78, 5) is 23.2. The van der Waals surface area contributed by atoms with Crippen molar-refractivity contribution in [3.63, 3.8) is 0 Å². The summed E-state index contributed by atoms with van der Waals surface area (Å²) in [6, 6.07) is 9.23. The van der Waals surface area contributed by atoms with Crippen LogP contribution in [0.3, 0.4) is 0 Å². The fraction of sp³-hybridized carbons (Fsp3) is 0.444. The highest BCUT2D eigenvalue weighted by Crippen LogP contribution is 2.07. The summed E-state index contributed by atoms with van der Waals surface area (Å²) < 4.78 is 0. The van der Waals surface area contributed by atoms with Crippen LogP contribution in [0.2, 0.25) is 0 Å². The molecule has 0 unspecified atom stereocenters. The van der Waals surface area contributed by atoms with Gasteiger partial charge < -0.3 is 0 Å². The van der Waals surface area contributed by atoms with Gasteiger partial charge in [-0.25, -0.2) is 0 Å². The maximum absolute atomic E-state index is 11.6. The summed E-state index contributed by atoms with van der Waals surface area (Å²) in [5.74, 6) is 4.22. The summed E-state index contributed by atoms with van der Waals surface area (Å²) >= 11 is 0. The van der Waals surface area contributed by atoms with E-state index >= 15 is 0 Å². The maximum Gasteiger partial charge on any atom is 0.271 e. The van der Waals surface area contributed by atoms with Gasteiger partial charge in [-0.3, -0.25) is 9.59 Å². The highest BCUT2D eigenvalue weighted by Gasteiger charge is 2.09. The van der Waals surface area contributed by atoms with Gasteiger partial charge in [0.1, 0.15) is 0 Å². The molecule has 0 N–H and O–H groups in total. The molecule has 0 spiro atoms. The second-order valence-corrected chi connectivity index (χ2v) is 4.89. The van der Waals surface area contributed by atoms with E-state index in [1.54, 1.807) is 0 Å². The minimum atomic E-state index is -0.567. The Kier molecular flexibility index (Phi) is 8.07. The first-order valence-corrected chi connectivity index (χ1v) is 7.38. The van der Waals surface area contributed by atoms with Gasteiger partial charge in [0, 0.05) is 12.0 Å². The van der Waals surface area contributed by atoms with Crippen LogP contribution in [-0.4, -0.2) is 11.6 Å². The number of Topliss-reactive ketones (excluding diaryl/α,β-unsaturated/α-hetero) is 2. The fourth-order valence-corrected chi connectivity index (χ4v) is 1.90. The average Bonchev–Trinajstić information content (AvgIpc) is 2.49. The zero-order chi connectivity index (χ0) is 14.6. The van der Waals surface area contributed by atoms with E-state index in [1.165, 1.54) is 19.3 Å². The van der Waals surface area contributed by atoms with Crippen LogP contribution in [0.1, 0.15) is 57.4 Å². The Labute approximate surface area is 121 Å². The van der Waals surface area contributed by atoms with Crippen molar-refractivity contribution in [1.82, 2.24) is 0 Å². The van der Waals surface area contributed by atoms with Crippen molar-refractivity contribution in [2.75, 3.05) is 0 Å². The molecule has 2 nitrogen and oxygen atoms in total. The van der Waals surface area contributed by atoms with Crippen molar-refractivity contribution >= 4 is 11.6 Å². The third-order valence-electron chi connectivity index (χ3n) is 3.10. The predicted octanol–water partition coefficient (Wildman–Crippen LogP) is 3.93. The number of carbonyl (C=O) groups excluding carboxylic acids is 2. The lowest BCUT2D eigenvalue weighted by Crippen LogP contribution is -2.10.